The lowest BCUT2D eigenvalue weighted by Crippen LogP contribution is -2.43. The fraction of sp³-hybridized carbons (Fsp3) is 1.00. The van der Waals surface area contributed by atoms with Gasteiger partial charge >= 0.3 is 0 Å². The van der Waals surface area contributed by atoms with Gasteiger partial charge in [0.15, 0.2) is 6.29 Å². The number of likely N-dealkylation sites (N-methyl/N-ethyl adjacent to an activating group) is 1. The number of rotatable bonds is 6. The SMILES string of the molecule is CN.CNC[C@@H](O)[C@H](O)[C@H](O)CO.OC[C@H]1O[C@@H](O)[C@@H](O)[C@@H]1O. The van der Waals surface area contributed by atoms with E-state index in [1.54, 1.807) is 7.05 Å². The first-order valence-corrected chi connectivity index (χ1v) is 6.98. The van der Waals surface area contributed by atoms with Crippen molar-refractivity contribution in [1.82, 2.24) is 5.32 Å². The molecule has 0 spiro atoms. The van der Waals surface area contributed by atoms with Crippen LogP contribution in [0.15, 0.2) is 0 Å². The molecule has 23 heavy (non-hydrogen) atoms. The average molecular weight is 346 g/mol. The predicted octanol–water partition coefficient (Wildman–Crippen LogP) is -5.73. The molecule has 0 aliphatic carbocycles. The largest absolute Gasteiger partial charge is 0.394 e. The van der Waals surface area contributed by atoms with Gasteiger partial charge in [0.2, 0.25) is 0 Å². The zero-order valence-corrected chi connectivity index (χ0v) is 13.2. The van der Waals surface area contributed by atoms with Crippen LogP contribution in [-0.2, 0) is 4.74 Å². The van der Waals surface area contributed by atoms with Crippen LogP contribution in [0.5, 0.6) is 0 Å². The Kier molecular flexibility index (Phi) is 15.0. The number of ether oxygens (including phenoxy) is 1. The van der Waals surface area contributed by atoms with Crippen molar-refractivity contribution in [2.45, 2.75) is 42.9 Å². The Hall–Kier alpha value is -0.440. The summed E-state index contributed by atoms with van der Waals surface area (Å²) in [6.45, 7) is -0.782. The number of hydrogen-bond acceptors (Lipinski definition) is 11. The van der Waals surface area contributed by atoms with Crippen molar-refractivity contribution in [3.05, 3.63) is 0 Å². The zero-order valence-electron chi connectivity index (χ0n) is 13.2. The van der Waals surface area contributed by atoms with Crippen molar-refractivity contribution in [2.24, 2.45) is 5.73 Å². The summed E-state index contributed by atoms with van der Waals surface area (Å²) in [6, 6.07) is 0. The molecule has 1 saturated heterocycles. The van der Waals surface area contributed by atoms with Crippen molar-refractivity contribution in [1.29, 1.82) is 0 Å². The van der Waals surface area contributed by atoms with E-state index in [-0.39, 0.29) is 6.54 Å². The van der Waals surface area contributed by atoms with Gasteiger partial charge < -0.3 is 56.6 Å². The minimum Gasteiger partial charge on any atom is -0.394 e. The van der Waals surface area contributed by atoms with Gasteiger partial charge in [-0.05, 0) is 14.1 Å². The second-order valence-corrected chi connectivity index (χ2v) is 4.59. The normalized spacial score (nSPS) is 30.4. The number of nitrogens with one attached hydrogen (secondary N) is 1. The quantitative estimate of drug-likeness (QED) is 0.219. The summed E-state index contributed by atoms with van der Waals surface area (Å²) in [7, 11) is 3.11. The highest BCUT2D eigenvalue weighted by molar-refractivity contribution is 4.84. The molecule has 0 bridgehead atoms. The number of aliphatic hydroxyl groups is 8. The highest BCUT2D eigenvalue weighted by Crippen LogP contribution is 2.18. The van der Waals surface area contributed by atoms with Crippen molar-refractivity contribution < 1.29 is 45.6 Å². The van der Waals surface area contributed by atoms with Crippen LogP contribution in [0.3, 0.4) is 0 Å². The van der Waals surface area contributed by atoms with Gasteiger partial charge in [0.05, 0.1) is 19.3 Å². The van der Waals surface area contributed by atoms with Crippen LogP contribution >= 0.6 is 0 Å². The van der Waals surface area contributed by atoms with Gasteiger partial charge in [0.25, 0.3) is 0 Å². The molecule has 1 fully saturated rings. The molecule has 11 N–H and O–H groups in total. The average Bonchev–Trinajstić information content (AvgIpc) is 2.82. The molecule has 7 atom stereocenters. The van der Waals surface area contributed by atoms with E-state index in [1.807, 2.05) is 0 Å². The first-order valence-electron chi connectivity index (χ1n) is 6.98. The highest BCUT2D eigenvalue weighted by Gasteiger charge is 2.41. The van der Waals surface area contributed by atoms with Crippen LogP contribution < -0.4 is 11.1 Å². The maximum Gasteiger partial charge on any atom is 0.184 e. The molecule has 0 radical (unpaired) electrons. The summed E-state index contributed by atoms with van der Waals surface area (Å²) in [5, 5.41) is 72.8. The molecule has 0 aromatic carbocycles. The van der Waals surface area contributed by atoms with Gasteiger partial charge in [-0.3, -0.25) is 0 Å². The summed E-state index contributed by atoms with van der Waals surface area (Å²) in [5.41, 5.74) is 4.50. The Labute approximate surface area is 134 Å². The van der Waals surface area contributed by atoms with E-state index in [1.165, 1.54) is 7.05 Å². The summed E-state index contributed by atoms with van der Waals surface area (Å²) in [4.78, 5) is 0. The van der Waals surface area contributed by atoms with Gasteiger partial charge in [-0.2, -0.15) is 0 Å². The van der Waals surface area contributed by atoms with Gasteiger partial charge in [-0.1, -0.05) is 0 Å². The monoisotopic (exact) mass is 346 g/mol. The van der Waals surface area contributed by atoms with Crippen LogP contribution in [0, 0.1) is 0 Å². The Morgan fingerprint density at radius 1 is 1.00 bits per heavy atom. The molecule has 1 rings (SSSR count). The summed E-state index contributed by atoms with van der Waals surface area (Å²) < 4.78 is 4.54. The van der Waals surface area contributed by atoms with E-state index in [9.17, 15) is 0 Å². The van der Waals surface area contributed by atoms with Crippen molar-refractivity contribution in [3.8, 4) is 0 Å². The molecule has 142 valence electrons. The van der Waals surface area contributed by atoms with Gasteiger partial charge in [-0.25, -0.2) is 0 Å². The maximum atomic E-state index is 9.04. The predicted molar refractivity (Wildman–Crippen MR) is 79.1 cm³/mol. The van der Waals surface area contributed by atoms with Crippen LogP contribution in [0.1, 0.15) is 0 Å². The van der Waals surface area contributed by atoms with Crippen molar-refractivity contribution in [2.75, 3.05) is 33.9 Å². The van der Waals surface area contributed by atoms with Gasteiger partial charge in [0.1, 0.15) is 30.5 Å². The minimum atomic E-state index is -1.38. The Morgan fingerprint density at radius 3 is 1.78 bits per heavy atom. The summed E-state index contributed by atoms with van der Waals surface area (Å²) in [6.07, 6.45) is -8.39. The minimum absolute atomic E-state index is 0.179. The molecule has 0 amide bonds. The molecule has 11 heteroatoms. The van der Waals surface area contributed by atoms with Crippen LogP contribution in [0.25, 0.3) is 0 Å². The van der Waals surface area contributed by atoms with E-state index in [2.05, 4.69) is 15.8 Å². The van der Waals surface area contributed by atoms with Crippen LogP contribution in [-0.4, -0.2) is 118 Å². The van der Waals surface area contributed by atoms with E-state index in [0.29, 0.717) is 0 Å². The Bertz CT molecular complexity index is 275. The molecule has 1 aliphatic heterocycles. The summed E-state index contributed by atoms with van der Waals surface area (Å²) >= 11 is 0. The third-order valence-electron chi connectivity index (χ3n) is 2.91. The molecule has 0 saturated carbocycles. The Morgan fingerprint density at radius 2 is 1.52 bits per heavy atom. The van der Waals surface area contributed by atoms with E-state index in [4.69, 9.17) is 40.9 Å². The first-order chi connectivity index (χ1) is 10.8. The lowest BCUT2D eigenvalue weighted by atomic mass is 10.1. The lowest BCUT2D eigenvalue weighted by Gasteiger charge is -2.20. The molecule has 0 aromatic rings. The van der Waals surface area contributed by atoms with Crippen molar-refractivity contribution in [3.63, 3.8) is 0 Å². The van der Waals surface area contributed by atoms with E-state index in [0.717, 1.165) is 0 Å². The fourth-order valence-electron chi connectivity index (χ4n) is 1.57. The first kappa shape index (κ1) is 24.8. The third-order valence-corrected chi connectivity index (χ3v) is 2.91. The number of aliphatic hydroxyl groups excluding tert-OH is 8. The van der Waals surface area contributed by atoms with E-state index < -0.39 is 56.1 Å². The molecule has 0 aromatic heterocycles. The lowest BCUT2D eigenvalue weighted by molar-refractivity contribution is -0.132. The second kappa shape index (κ2) is 13.9. The molecule has 11 nitrogen and oxygen atoms in total. The fourth-order valence-corrected chi connectivity index (χ4v) is 1.57. The number of hydrogen-bond donors (Lipinski definition) is 10. The third kappa shape index (κ3) is 8.83. The molecular weight excluding hydrogens is 316 g/mol. The van der Waals surface area contributed by atoms with Crippen LogP contribution in [0.2, 0.25) is 0 Å². The van der Waals surface area contributed by atoms with Gasteiger partial charge in [-0.15, -0.1) is 0 Å². The smallest absolute Gasteiger partial charge is 0.184 e. The standard InChI is InChI=1S/C6H15NO4.C5H10O5.CH5N/c1-7-2-4(9)6(11)5(10)3-8;6-1-2-3(7)4(8)5(9)10-2;1-2/h4-11H,2-3H2,1H3;2-9H,1H2;2H2,1H3/t4-,5-,6+;2-,3-,4+,5-;/m11./s1. The maximum absolute atomic E-state index is 9.04. The molecule has 1 heterocycles. The molecule has 1 aliphatic rings. The number of nitrogens with two attached hydrogens (primary N) is 1. The summed E-state index contributed by atoms with van der Waals surface area (Å²) in [5.74, 6) is 0. The second-order valence-electron chi connectivity index (χ2n) is 4.59. The Balaban J connectivity index is 0. The molecular formula is C12H30N2O9. The zero-order chi connectivity index (χ0) is 18.6. The van der Waals surface area contributed by atoms with Crippen LogP contribution in [0.4, 0.5) is 0 Å². The molecule has 0 unspecified atom stereocenters. The van der Waals surface area contributed by atoms with E-state index >= 15 is 0 Å². The topological polar surface area (TPSA) is 209 Å². The highest BCUT2D eigenvalue weighted by atomic mass is 16.6. The van der Waals surface area contributed by atoms with Gasteiger partial charge in [0, 0.05) is 6.54 Å². The van der Waals surface area contributed by atoms with Crippen molar-refractivity contribution >= 4 is 0 Å².